The summed E-state index contributed by atoms with van der Waals surface area (Å²) in [5.41, 5.74) is 19.4. The lowest BCUT2D eigenvalue weighted by Gasteiger charge is -2.15. The second kappa shape index (κ2) is 15.0. The molecule has 0 bridgehead atoms. The van der Waals surface area contributed by atoms with Gasteiger partial charge in [0.25, 0.3) is 0 Å². The quantitative estimate of drug-likeness (QED) is 0.166. The zero-order valence-electron chi connectivity index (χ0n) is 38.7. The van der Waals surface area contributed by atoms with Crippen LogP contribution in [-0.4, -0.2) is 0 Å². The van der Waals surface area contributed by atoms with Gasteiger partial charge in [0.1, 0.15) is 0 Å². The smallest absolute Gasteiger partial charge is 0.0138 e. The van der Waals surface area contributed by atoms with E-state index in [2.05, 4.69) is 249 Å². The fourth-order valence-electron chi connectivity index (χ4n) is 12.9. The molecular formula is C71H41. The number of fused-ring (bicyclic) bond motifs is 21. The van der Waals surface area contributed by atoms with Gasteiger partial charge in [-0.05, 0) is 161 Å². The summed E-state index contributed by atoms with van der Waals surface area (Å²) < 4.78 is 0. The first-order valence-corrected chi connectivity index (χ1v) is 24.8. The highest BCUT2D eigenvalue weighted by atomic mass is 14.4. The van der Waals surface area contributed by atoms with E-state index in [4.69, 9.17) is 0 Å². The minimum absolute atomic E-state index is 1.18. The molecule has 325 valence electrons. The van der Waals surface area contributed by atoms with Crippen molar-refractivity contribution in [2.24, 2.45) is 0 Å². The van der Waals surface area contributed by atoms with E-state index in [1.54, 1.807) is 0 Å². The molecule has 0 amide bonds. The van der Waals surface area contributed by atoms with E-state index in [9.17, 15) is 0 Å². The highest BCUT2D eigenvalue weighted by molar-refractivity contribution is 6.22. The molecule has 0 unspecified atom stereocenters. The van der Waals surface area contributed by atoms with Crippen molar-refractivity contribution < 1.29 is 0 Å². The number of rotatable bonds is 3. The molecule has 0 spiro atoms. The first-order valence-electron chi connectivity index (χ1n) is 24.8. The van der Waals surface area contributed by atoms with E-state index in [0.29, 0.717) is 0 Å². The molecule has 4 aliphatic rings. The number of allylic oxidation sites excluding steroid dienone is 3. The lowest BCUT2D eigenvalue weighted by molar-refractivity contribution is 1.24. The van der Waals surface area contributed by atoms with E-state index < -0.39 is 0 Å². The minimum Gasteiger partial charge on any atom is -0.0682 e. The maximum atomic E-state index is 2.50. The SMILES string of the molecule is [CH]1[C](C=C2c3ccc4ccccc4c3-c3c2ccc2ccccc32)[CH][C](C=C2c3ccc4ccccc4c3-c3c2ccc2ccccc32)[C]1C=C1c2ccc3ccccc3c2-c2c1ccc1ccccc21. The first-order chi connectivity index (χ1) is 35.2. The summed E-state index contributed by atoms with van der Waals surface area (Å²) in [6.45, 7) is 0. The molecule has 0 aliphatic heterocycles. The second-order valence-corrected chi connectivity index (χ2v) is 19.6. The van der Waals surface area contributed by atoms with Gasteiger partial charge in [-0.15, -0.1) is 0 Å². The van der Waals surface area contributed by atoms with Crippen LogP contribution in [0.3, 0.4) is 0 Å². The highest BCUT2D eigenvalue weighted by Crippen LogP contribution is 2.57. The van der Waals surface area contributed by atoms with Gasteiger partial charge in [0.15, 0.2) is 0 Å². The van der Waals surface area contributed by atoms with Gasteiger partial charge < -0.3 is 0 Å². The summed E-state index contributed by atoms with van der Waals surface area (Å²) >= 11 is 0. The Hall–Kier alpha value is -8.58. The average Bonchev–Trinajstić information content (AvgIpc) is 4.17. The van der Waals surface area contributed by atoms with Crippen LogP contribution in [-0.2, 0) is 0 Å². The van der Waals surface area contributed by atoms with Gasteiger partial charge in [0.05, 0.1) is 0 Å². The molecule has 0 heterocycles. The number of hydrogen-bond acceptors (Lipinski definition) is 0. The molecular weight excluding hydrogens is 853 g/mol. The van der Waals surface area contributed by atoms with Gasteiger partial charge in [-0.2, -0.15) is 0 Å². The summed E-state index contributed by atoms with van der Waals surface area (Å²) in [4.78, 5) is 0. The van der Waals surface area contributed by atoms with Crippen LogP contribution in [0.25, 0.3) is 115 Å². The molecule has 0 heteroatoms. The number of benzene rings is 12. The molecule has 4 aliphatic carbocycles. The van der Waals surface area contributed by atoms with Crippen molar-refractivity contribution in [3.05, 3.63) is 301 Å². The van der Waals surface area contributed by atoms with E-state index in [1.165, 1.54) is 166 Å². The fourth-order valence-corrected chi connectivity index (χ4v) is 12.9. The first kappa shape index (κ1) is 39.3. The van der Waals surface area contributed by atoms with Crippen molar-refractivity contribution >= 4 is 81.4 Å². The third-order valence-electron chi connectivity index (χ3n) is 16.0. The molecule has 71 heavy (non-hydrogen) atoms. The van der Waals surface area contributed by atoms with Crippen molar-refractivity contribution in [2.45, 2.75) is 0 Å². The summed E-state index contributed by atoms with van der Waals surface area (Å²) in [6, 6.07) is 81.3. The molecule has 16 rings (SSSR count). The largest absolute Gasteiger partial charge is 0.0682 e. The van der Waals surface area contributed by atoms with Gasteiger partial charge in [-0.25, -0.2) is 0 Å². The normalized spacial score (nSPS) is 15.0. The average molecular weight is 894 g/mol. The second-order valence-electron chi connectivity index (χ2n) is 19.6. The predicted molar refractivity (Wildman–Crippen MR) is 300 cm³/mol. The maximum Gasteiger partial charge on any atom is 0.0138 e. The highest BCUT2D eigenvalue weighted by Gasteiger charge is 2.39. The molecule has 0 nitrogen and oxygen atoms in total. The van der Waals surface area contributed by atoms with Gasteiger partial charge in [0.2, 0.25) is 0 Å². The molecule has 0 N–H and O–H groups in total. The Kier molecular flexibility index (Phi) is 8.28. The standard InChI is InChI=1S/C71H41/c1-7-19-51-43(13-1)25-31-57-63(58-32-26-44-14-2-8-20-52(44)67(58)66(51)57)39-42-37-49(40-64-59-33-27-45-15-3-9-21-53(45)68(59)69-54-22-10-4-16-46(54)28-34-60(64)69)50(38-42)41-65-61-35-29-47-17-5-11-23-55(47)70(61)71-56-24-12-6-18-48(56)30-36-62(65)71/h1-41H. The van der Waals surface area contributed by atoms with Crippen LogP contribution < -0.4 is 0 Å². The van der Waals surface area contributed by atoms with Crippen molar-refractivity contribution in [1.29, 1.82) is 0 Å². The van der Waals surface area contributed by atoms with Gasteiger partial charge >= 0.3 is 0 Å². The van der Waals surface area contributed by atoms with E-state index >= 15 is 0 Å². The molecule has 0 saturated heterocycles. The summed E-state index contributed by atoms with van der Waals surface area (Å²) in [5.74, 6) is 3.59. The summed E-state index contributed by atoms with van der Waals surface area (Å²) in [6.07, 6.45) is 12.4. The minimum atomic E-state index is 1.18. The lowest BCUT2D eigenvalue weighted by Crippen LogP contribution is -2.01. The van der Waals surface area contributed by atoms with Crippen LogP contribution in [0.1, 0.15) is 33.4 Å². The van der Waals surface area contributed by atoms with E-state index in [1.807, 2.05) is 0 Å². The van der Waals surface area contributed by atoms with E-state index in [-0.39, 0.29) is 0 Å². The fraction of sp³-hybridized carbons (Fsp3) is 0. The third kappa shape index (κ3) is 5.68. The van der Waals surface area contributed by atoms with Crippen LogP contribution in [0.15, 0.2) is 237 Å². The van der Waals surface area contributed by atoms with Crippen molar-refractivity contribution in [2.75, 3.05) is 0 Å². The number of hydrogen-bond donors (Lipinski definition) is 0. The Morgan fingerprint density at radius 3 is 0.648 bits per heavy atom. The molecule has 0 aromatic heterocycles. The third-order valence-corrected chi connectivity index (χ3v) is 16.0. The Balaban J connectivity index is 0.927. The van der Waals surface area contributed by atoms with Gasteiger partial charge in [-0.3, -0.25) is 0 Å². The van der Waals surface area contributed by atoms with Crippen molar-refractivity contribution in [3.8, 4) is 33.4 Å². The van der Waals surface area contributed by atoms with Crippen LogP contribution >= 0.6 is 0 Å². The predicted octanol–water partition coefficient (Wildman–Crippen LogP) is 18.4. The van der Waals surface area contributed by atoms with Crippen LogP contribution in [0.4, 0.5) is 0 Å². The van der Waals surface area contributed by atoms with E-state index in [0.717, 1.165) is 0 Å². The van der Waals surface area contributed by atoms with Crippen LogP contribution in [0.5, 0.6) is 0 Å². The Morgan fingerprint density at radius 1 is 0.197 bits per heavy atom. The Morgan fingerprint density at radius 2 is 0.408 bits per heavy atom. The Bertz CT molecular complexity index is 3960. The molecule has 12 aromatic carbocycles. The zero-order chi connectivity index (χ0) is 46.3. The zero-order valence-corrected chi connectivity index (χ0v) is 38.7. The van der Waals surface area contributed by atoms with Crippen LogP contribution in [0.2, 0.25) is 0 Å². The Labute approximate surface area is 413 Å². The molecule has 1 saturated carbocycles. The van der Waals surface area contributed by atoms with Crippen molar-refractivity contribution in [1.82, 2.24) is 0 Å². The summed E-state index contributed by atoms with van der Waals surface area (Å²) in [7, 11) is 0. The molecule has 5 radical (unpaired) electrons. The molecule has 1 fully saturated rings. The lowest BCUT2D eigenvalue weighted by atomic mass is 9.87. The monoisotopic (exact) mass is 893 g/mol. The van der Waals surface area contributed by atoms with Gasteiger partial charge in [-0.1, -0.05) is 237 Å². The maximum absolute atomic E-state index is 2.50. The summed E-state index contributed by atoms with van der Waals surface area (Å²) in [5, 5.41) is 15.3. The topological polar surface area (TPSA) is 0 Å². The van der Waals surface area contributed by atoms with Gasteiger partial charge in [0, 0.05) is 17.8 Å². The molecule has 12 aromatic rings. The van der Waals surface area contributed by atoms with Crippen LogP contribution in [0, 0.1) is 30.6 Å². The van der Waals surface area contributed by atoms with Crippen molar-refractivity contribution in [3.63, 3.8) is 0 Å². The molecule has 0 atom stereocenters.